The number of guanidine groups is 1. The van der Waals surface area contributed by atoms with Gasteiger partial charge in [-0.15, -0.1) is 0 Å². The number of nitriles is 1. The number of nitrogens with zero attached hydrogens (tertiary/aromatic N) is 3. The number of hydrogen-bond donors (Lipinski definition) is 1. The van der Waals surface area contributed by atoms with Gasteiger partial charge in [-0.05, 0) is 24.1 Å². The molecule has 4 nitrogen and oxygen atoms in total. The minimum absolute atomic E-state index is 0.679. The Morgan fingerprint density at radius 2 is 2.26 bits per heavy atom. The van der Waals surface area contributed by atoms with Crippen LogP contribution >= 0.6 is 0 Å². The summed E-state index contributed by atoms with van der Waals surface area (Å²) in [6.45, 7) is 3.85. The topological polar surface area (TPSA) is 51.4 Å². The van der Waals surface area contributed by atoms with Crippen molar-refractivity contribution in [1.82, 2.24) is 10.2 Å². The predicted octanol–water partition coefficient (Wildman–Crippen LogP) is 2.37. The third kappa shape index (κ3) is 5.01. The summed E-state index contributed by atoms with van der Waals surface area (Å²) in [5.41, 5.74) is 1.78. The summed E-state index contributed by atoms with van der Waals surface area (Å²) in [4.78, 5) is 6.39. The third-order valence-electron chi connectivity index (χ3n) is 2.93. The Kier molecular flexibility index (Phi) is 6.45. The fourth-order valence-electron chi connectivity index (χ4n) is 1.82. The smallest absolute Gasteiger partial charge is 0.193 e. The van der Waals surface area contributed by atoms with Crippen LogP contribution in [0.1, 0.15) is 30.9 Å². The van der Waals surface area contributed by atoms with E-state index in [4.69, 9.17) is 5.26 Å². The van der Waals surface area contributed by atoms with E-state index in [9.17, 15) is 0 Å². The lowest BCUT2D eigenvalue weighted by atomic mass is 10.1. The second-order valence-electron chi connectivity index (χ2n) is 4.49. The van der Waals surface area contributed by atoms with Crippen molar-refractivity contribution < 1.29 is 0 Å². The van der Waals surface area contributed by atoms with Crippen LogP contribution in [-0.2, 0) is 6.54 Å². The average molecular weight is 258 g/mol. The molecule has 0 amide bonds. The van der Waals surface area contributed by atoms with E-state index in [2.05, 4.69) is 28.2 Å². The highest BCUT2D eigenvalue weighted by molar-refractivity contribution is 5.79. The summed E-state index contributed by atoms with van der Waals surface area (Å²) < 4.78 is 0. The molecule has 4 heteroatoms. The summed E-state index contributed by atoms with van der Waals surface area (Å²) in [6, 6.07) is 9.77. The second-order valence-corrected chi connectivity index (χ2v) is 4.49. The fourth-order valence-corrected chi connectivity index (χ4v) is 1.82. The molecule has 0 saturated carbocycles. The lowest BCUT2D eigenvalue weighted by molar-refractivity contribution is 0.464. The molecule has 0 atom stereocenters. The fraction of sp³-hybridized carbons (Fsp3) is 0.467. The molecule has 0 saturated heterocycles. The van der Waals surface area contributed by atoms with Crippen LogP contribution in [0.25, 0.3) is 0 Å². The number of aliphatic imine (C=N–C) groups is 1. The van der Waals surface area contributed by atoms with E-state index in [1.165, 1.54) is 6.42 Å². The average Bonchev–Trinajstić information content (AvgIpc) is 2.45. The van der Waals surface area contributed by atoms with Gasteiger partial charge in [0.1, 0.15) is 0 Å². The van der Waals surface area contributed by atoms with Crippen LogP contribution in [0, 0.1) is 11.3 Å². The maximum absolute atomic E-state index is 8.87. The second kappa shape index (κ2) is 8.15. The van der Waals surface area contributed by atoms with Crippen molar-refractivity contribution >= 4 is 5.96 Å². The van der Waals surface area contributed by atoms with E-state index in [1.807, 2.05) is 31.3 Å². The van der Waals surface area contributed by atoms with Gasteiger partial charge in [-0.2, -0.15) is 5.26 Å². The van der Waals surface area contributed by atoms with Gasteiger partial charge >= 0.3 is 0 Å². The van der Waals surface area contributed by atoms with E-state index < -0.39 is 0 Å². The molecule has 1 N–H and O–H groups in total. The first-order valence-electron chi connectivity index (χ1n) is 6.62. The van der Waals surface area contributed by atoms with Crippen molar-refractivity contribution in [1.29, 1.82) is 5.26 Å². The van der Waals surface area contributed by atoms with E-state index in [0.29, 0.717) is 12.1 Å². The highest BCUT2D eigenvalue weighted by atomic mass is 15.3. The summed E-state index contributed by atoms with van der Waals surface area (Å²) in [6.07, 6.45) is 2.33. The van der Waals surface area contributed by atoms with Crippen molar-refractivity contribution in [2.45, 2.75) is 26.3 Å². The highest BCUT2D eigenvalue weighted by Gasteiger charge is 2.04. The molecule has 1 aromatic rings. The Bertz CT molecular complexity index is 459. The van der Waals surface area contributed by atoms with Crippen LogP contribution in [0.5, 0.6) is 0 Å². The van der Waals surface area contributed by atoms with Gasteiger partial charge in [0.15, 0.2) is 5.96 Å². The number of unbranched alkanes of at least 4 members (excludes halogenated alkanes) is 1. The van der Waals surface area contributed by atoms with Crippen molar-refractivity contribution in [3.8, 4) is 6.07 Å². The molecule has 0 aromatic heterocycles. The Labute approximate surface area is 115 Å². The zero-order valence-corrected chi connectivity index (χ0v) is 12.0. The predicted molar refractivity (Wildman–Crippen MR) is 78.9 cm³/mol. The van der Waals surface area contributed by atoms with E-state index in [-0.39, 0.29) is 0 Å². The SMILES string of the molecule is CCCCN(C)C(=NC)NCc1cccc(C#N)c1. The normalized spacial score (nSPS) is 10.9. The third-order valence-corrected chi connectivity index (χ3v) is 2.93. The molecular weight excluding hydrogens is 236 g/mol. The maximum atomic E-state index is 8.87. The van der Waals surface area contributed by atoms with E-state index in [0.717, 1.165) is 24.5 Å². The Morgan fingerprint density at radius 1 is 1.47 bits per heavy atom. The zero-order chi connectivity index (χ0) is 14.1. The molecule has 1 rings (SSSR count). The minimum Gasteiger partial charge on any atom is -0.352 e. The van der Waals surface area contributed by atoms with Crippen molar-refractivity contribution in [2.75, 3.05) is 20.6 Å². The Balaban J connectivity index is 2.56. The molecule has 0 aliphatic carbocycles. The lowest BCUT2D eigenvalue weighted by Gasteiger charge is -2.21. The largest absolute Gasteiger partial charge is 0.352 e. The Morgan fingerprint density at radius 3 is 2.89 bits per heavy atom. The first-order valence-corrected chi connectivity index (χ1v) is 6.62. The van der Waals surface area contributed by atoms with Gasteiger partial charge in [0.2, 0.25) is 0 Å². The number of benzene rings is 1. The van der Waals surface area contributed by atoms with Gasteiger partial charge in [0.05, 0.1) is 11.6 Å². The van der Waals surface area contributed by atoms with Gasteiger partial charge in [0.25, 0.3) is 0 Å². The number of hydrogen-bond acceptors (Lipinski definition) is 2. The summed E-state index contributed by atoms with van der Waals surface area (Å²) in [5, 5.41) is 12.2. The van der Waals surface area contributed by atoms with Crippen LogP contribution < -0.4 is 5.32 Å². The number of nitrogens with one attached hydrogen (secondary N) is 1. The standard InChI is InChI=1S/C15H22N4/c1-4-5-9-19(3)15(17-2)18-12-14-8-6-7-13(10-14)11-16/h6-8,10H,4-5,9,12H2,1-3H3,(H,17,18). The van der Waals surface area contributed by atoms with Crippen LogP contribution in [-0.4, -0.2) is 31.5 Å². The molecule has 0 aliphatic heterocycles. The molecule has 0 unspecified atom stereocenters. The van der Waals surface area contributed by atoms with E-state index >= 15 is 0 Å². The summed E-state index contributed by atoms with van der Waals surface area (Å²) in [5.74, 6) is 0.885. The van der Waals surface area contributed by atoms with Crippen molar-refractivity contribution in [3.63, 3.8) is 0 Å². The van der Waals surface area contributed by atoms with Gasteiger partial charge < -0.3 is 10.2 Å². The van der Waals surface area contributed by atoms with Gasteiger partial charge in [-0.3, -0.25) is 4.99 Å². The molecule has 19 heavy (non-hydrogen) atoms. The quantitative estimate of drug-likeness (QED) is 0.651. The molecule has 0 spiro atoms. The van der Waals surface area contributed by atoms with Gasteiger partial charge in [0, 0.05) is 27.2 Å². The summed E-state index contributed by atoms with van der Waals surface area (Å²) in [7, 11) is 3.83. The minimum atomic E-state index is 0.679. The number of rotatable bonds is 5. The van der Waals surface area contributed by atoms with E-state index in [1.54, 1.807) is 7.05 Å². The van der Waals surface area contributed by atoms with Crippen LogP contribution in [0.15, 0.2) is 29.3 Å². The molecule has 0 fully saturated rings. The van der Waals surface area contributed by atoms with Crippen LogP contribution in [0.4, 0.5) is 0 Å². The Hall–Kier alpha value is -2.02. The van der Waals surface area contributed by atoms with Crippen molar-refractivity contribution in [2.24, 2.45) is 4.99 Å². The van der Waals surface area contributed by atoms with Crippen LogP contribution in [0.3, 0.4) is 0 Å². The van der Waals surface area contributed by atoms with Crippen molar-refractivity contribution in [3.05, 3.63) is 35.4 Å². The van der Waals surface area contributed by atoms with Gasteiger partial charge in [-0.25, -0.2) is 0 Å². The molecule has 0 radical (unpaired) electrons. The lowest BCUT2D eigenvalue weighted by Crippen LogP contribution is -2.38. The molecule has 1 aromatic carbocycles. The molecule has 0 bridgehead atoms. The molecular formula is C15H22N4. The monoisotopic (exact) mass is 258 g/mol. The highest BCUT2D eigenvalue weighted by Crippen LogP contribution is 2.04. The summed E-state index contributed by atoms with van der Waals surface area (Å²) >= 11 is 0. The van der Waals surface area contributed by atoms with Crippen LogP contribution in [0.2, 0.25) is 0 Å². The molecule has 0 heterocycles. The zero-order valence-electron chi connectivity index (χ0n) is 12.0. The first-order chi connectivity index (χ1) is 9.21. The molecule has 0 aliphatic rings. The molecule has 102 valence electrons. The maximum Gasteiger partial charge on any atom is 0.193 e. The van der Waals surface area contributed by atoms with Gasteiger partial charge in [-0.1, -0.05) is 25.5 Å². The first kappa shape index (κ1) is 15.0.